The van der Waals surface area contributed by atoms with E-state index in [0.717, 1.165) is 38.3 Å². The second kappa shape index (κ2) is 18.8. The van der Waals surface area contributed by atoms with Crippen molar-refractivity contribution < 1.29 is 38.2 Å². The van der Waals surface area contributed by atoms with E-state index in [1.807, 2.05) is 109 Å². The number of amides is 3. The van der Waals surface area contributed by atoms with Crippen LogP contribution in [0.15, 0.2) is 109 Å². The summed E-state index contributed by atoms with van der Waals surface area (Å²) in [6.07, 6.45) is -0.344. The van der Waals surface area contributed by atoms with E-state index in [1.165, 1.54) is 28.1 Å². The van der Waals surface area contributed by atoms with Gasteiger partial charge in [-0.25, -0.2) is 19.3 Å². The minimum absolute atomic E-state index is 0.126. The molecule has 0 fully saturated rings. The average molecular weight is 695 g/mol. The van der Waals surface area contributed by atoms with Crippen LogP contribution in [0.3, 0.4) is 0 Å². The first-order valence-electron chi connectivity index (χ1n) is 16.5. The van der Waals surface area contributed by atoms with Crippen molar-refractivity contribution in [2.45, 2.75) is 65.1 Å². The van der Waals surface area contributed by atoms with Crippen molar-refractivity contribution in [1.29, 1.82) is 0 Å². The van der Waals surface area contributed by atoms with Crippen LogP contribution in [0.2, 0.25) is 0 Å². The molecule has 51 heavy (non-hydrogen) atoms. The molecule has 4 rings (SSSR count). The van der Waals surface area contributed by atoms with Gasteiger partial charge in [0.2, 0.25) is 11.8 Å². The maximum atomic E-state index is 12.6. The molecule has 0 saturated heterocycles. The van der Waals surface area contributed by atoms with E-state index in [-0.39, 0.29) is 12.3 Å². The largest absolute Gasteiger partial charge is 0.467 e. The van der Waals surface area contributed by atoms with Crippen molar-refractivity contribution in [3.8, 4) is 22.3 Å². The van der Waals surface area contributed by atoms with E-state index in [0.29, 0.717) is 6.42 Å². The van der Waals surface area contributed by atoms with Crippen LogP contribution in [0.5, 0.6) is 0 Å². The third kappa shape index (κ3) is 12.6. The Morgan fingerprint density at radius 2 is 1.02 bits per heavy atom. The maximum absolute atomic E-state index is 12.6. The number of methoxy groups -OCH3 is 2. The molecule has 4 aromatic rings. The Kier molecular flexibility index (Phi) is 14.7. The predicted octanol–water partition coefficient (Wildman–Crippen LogP) is 6.80. The molecule has 268 valence electrons. The molecule has 2 atom stereocenters. The monoisotopic (exact) mass is 694 g/mol. The van der Waals surface area contributed by atoms with E-state index < -0.39 is 41.6 Å². The zero-order chi connectivity index (χ0) is 37.6. The van der Waals surface area contributed by atoms with Crippen LogP contribution >= 0.6 is 0 Å². The Bertz CT molecular complexity index is 1750. The number of carbonyl (C=O) groups is 5. The molecule has 0 aliphatic carbocycles. The number of hydrogen-bond acceptors (Lipinski definition) is 8. The summed E-state index contributed by atoms with van der Waals surface area (Å²) < 4.78 is 14.9. The van der Waals surface area contributed by atoms with Gasteiger partial charge in [-0.1, -0.05) is 109 Å². The summed E-state index contributed by atoms with van der Waals surface area (Å²) in [5, 5.41) is 2.61. The third-order valence-corrected chi connectivity index (χ3v) is 7.57. The quantitative estimate of drug-likeness (QED) is 0.142. The Hall–Kier alpha value is -5.77. The zero-order valence-electron chi connectivity index (χ0n) is 30.2. The van der Waals surface area contributed by atoms with Crippen LogP contribution in [-0.4, -0.2) is 66.7 Å². The van der Waals surface area contributed by atoms with Crippen molar-refractivity contribution in [3.63, 3.8) is 0 Å². The van der Waals surface area contributed by atoms with Crippen molar-refractivity contribution in [3.05, 3.63) is 120 Å². The van der Waals surface area contributed by atoms with E-state index >= 15 is 0 Å². The number of nitrogens with one attached hydrogen (secondary N) is 1. The van der Waals surface area contributed by atoms with Crippen molar-refractivity contribution in [2.75, 3.05) is 14.2 Å². The smallest absolute Gasteiger partial charge is 0.417 e. The molecule has 10 nitrogen and oxygen atoms in total. The molecule has 0 aliphatic rings. The van der Waals surface area contributed by atoms with Crippen molar-refractivity contribution in [1.82, 2.24) is 10.2 Å². The van der Waals surface area contributed by atoms with Gasteiger partial charge in [-0.3, -0.25) is 9.59 Å². The highest BCUT2D eigenvalue weighted by Crippen LogP contribution is 2.22. The van der Waals surface area contributed by atoms with Crippen LogP contribution in [0.25, 0.3) is 22.3 Å². The number of carbonyl (C=O) groups excluding carboxylic acids is 5. The Morgan fingerprint density at radius 3 is 1.39 bits per heavy atom. The number of hydrogen-bond donors (Lipinski definition) is 1. The molecular weight excluding hydrogens is 648 g/mol. The van der Waals surface area contributed by atoms with Gasteiger partial charge in [-0.15, -0.1) is 0 Å². The molecule has 4 aromatic carbocycles. The van der Waals surface area contributed by atoms with Crippen LogP contribution < -0.4 is 5.32 Å². The minimum Gasteiger partial charge on any atom is -0.467 e. The first kappa shape index (κ1) is 39.7. The second-order valence-corrected chi connectivity index (χ2v) is 12.7. The highest BCUT2D eigenvalue weighted by molar-refractivity contribution is 5.96. The lowest BCUT2D eigenvalue weighted by molar-refractivity contribution is -0.151. The molecular formula is C41H46N2O8. The van der Waals surface area contributed by atoms with E-state index in [1.54, 1.807) is 20.8 Å². The SMILES string of the molecule is COC(=O)C(Cc1ccc(-c2ccccc2)cc1)N(C(C)=O)C(=O)OC(C)(C)C.COC(=O)C(Cc1ccc(-c2ccccc2)cc1)NC(C)=O. The first-order chi connectivity index (χ1) is 24.2. The third-order valence-electron chi connectivity index (χ3n) is 7.57. The van der Waals surface area contributed by atoms with Gasteiger partial charge in [0.15, 0.2) is 0 Å². The first-order valence-corrected chi connectivity index (χ1v) is 16.5. The Balaban J connectivity index is 0.000000286. The molecule has 0 spiro atoms. The molecule has 0 aliphatic heterocycles. The number of esters is 2. The number of nitrogens with zero attached hydrogens (tertiary/aromatic N) is 1. The number of imide groups is 1. The van der Waals surface area contributed by atoms with E-state index in [9.17, 15) is 24.0 Å². The summed E-state index contributed by atoms with van der Waals surface area (Å²) in [6, 6.07) is 33.7. The zero-order valence-corrected chi connectivity index (χ0v) is 30.2. The van der Waals surface area contributed by atoms with Gasteiger partial charge < -0.3 is 19.5 Å². The average Bonchev–Trinajstić information content (AvgIpc) is 3.11. The molecule has 0 heterocycles. The van der Waals surface area contributed by atoms with Crippen molar-refractivity contribution >= 4 is 29.8 Å². The molecule has 0 saturated carbocycles. The van der Waals surface area contributed by atoms with Gasteiger partial charge >= 0.3 is 18.0 Å². The van der Waals surface area contributed by atoms with Crippen LogP contribution in [0, 0.1) is 0 Å². The lowest BCUT2D eigenvalue weighted by Gasteiger charge is -2.30. The fourth-order valence-corrected chi connectivity index (χ4v) is 5.17. The molecule has 3 amide bonds. The van der Waals surface area contributed by atoms with Gasteiger partial charge in [0.1, 0.15) is 17.7 Å². The summed E-state index contributed by atoms with van der Waals surface area (Å²) in [5.74, 6) is -1.97. The predicted molar refractivity (Wildman–Crippen MR) is 195 cm³/mol. The van der Waals surface area contributed by atoms with Gasteiger partial charge in [-0.05, 0) is 54.2 Å². The summed E-state index contributed by atoms with van der Waals surface area (Å²) in [7, 11) is 2.54. The van der Waals surface area contributed by atoms with Crippen molar-refractivity contribution in [2.24, 2.45) is 0 Å². The lowest BCUT2D eigenvalue weighted by atomic mass is 10.00. The summed E-state index contributed by atoms with van der Waals surface area (Å²) >= 11 is 0. The Morgan fingerprint density at radius 1 is 0.608 bits per heavy atom. The number of rotatable bonds is 10. The lowest BCUT2D eigenvalue weighted by Crippen LogP contribution is -2.51. The Labute approximate surface area is 299 Å². The van der Waals surface area contributed by atoms with Crippen LogP contribution in [-0.2, 0) is 46.2 Å². The van der Waals surface area contributed by atoms with Gasteiger partial charge in [0.25, 0.3) is 0 Å². The fourth-order valence-electron chi connectivity index (χ4n) is 5.17. The normalized spacial score (nSPS) is 11.8. The summed E-state index contributed by atoms with van der Waals surface area (Å²) in [6.45, 7) is 7.68. The molecule has 0 aromatic heterocycles. The van der Waals surface area contributed by atoms with E-state index in [4.69, 9.17) is 14.2 Å². The summed E-state index contributed by atoms with van der Waals surface area (Å²) in [5.41, 5.74) is 5.29. The highest BCUT2D eigenvalue weighted by atomic mass is 16.6. The minimum atomic E-state index is -1.12. The fraction of sp³-hybridized carbons (Fsp3) is 0.293. The standard InChI is InChI=1S/C23H27NO5.C18H19NO3/c1-16(25)24(22(27)29-23(2,3)4)20(21(26)28-5)15-17-11-13-19(14-12-17)18-9-7-6-8-10-18;1-13(20)19-17(18(21)22-2)12-14-8-10-16(11-9-14)15-6-4-3-5-7-15/h6-14,20H,15H2,1-5H3;3-11,17H,12H2,1-2H3,(H,19,20). The topological polar surface area (TPSA) is 128 Å². The van der Waals surface area contributed by atoms with Gasteiger partial charge in [-0.2, -0.15) is 0 Å². The molecule has 10 heteroatoms. The molecule has 2 unspecified atom stereocenters. The maximum Gasteiger partial charge on any atom is 0.417 e. The van der Waals surface area contributed by atoms with Crippen LogP contribution in [0.4, 0.5) is 4.79 Å². The van der Waals surface area contributed by atoms with Gasteiger partial charge in [0.05, 0.1) is 14.2 Å². The number of benzene rings is 4. The molecule has 0 radical (unpaired) electrons. The second-order valence-electron chi connectivity index (χ2n) is 12.7. The molecule has 1 N–H and O–H groups in total. The summed E-state index contributed by atoms with van der Waals surface area (Å²) in [4.78, 5) is 60.9. The van der Waals surface area contributed by atoms with E-state index in [2.05, 4.69) is 5.32 Å². The molecule has 0 bridgehead atoms. The van der Waals surface area contributed by atoms with Gasteiger partial charge in [0, 0.05) is 26.7 Å². The van der Waals surface area contributed by atoms with Crippen LogP contribution in [0.1, 0.15) is 45.7 Å². The highest BCUT2D eigenvalue weighted by Gasteiger charge is 2.36. The number of ether oxygens (including phenoxy) is 3.